The van der Waals surface area contributed by atoms with E-state index in [1.165, 1.54) is 0 Å². The number of alkyl halides is 1. The van der Waals surface area contributed by atoms with E-state index >= 15 is 0 Å². The van der Waals surface area contributed by atoms with E-state index in [1.807, 2.05) is 6.92 Å². The zero-order valence-electron chi connectivity index (χ0n) is 8.57. The molecule has 1 saturated heterocycles. The minimum Gasteiger partial charge on any atom is -0.393 e. The lowest BCUT2D eigenvalue weighted by molar-refractivity contribution is -0.0700. The van der Waals surface area contributed by atoms with Crippen molar-refractivity contribution < 1.29 is 14.6 Å². The molecule has 0 spiro atoms. The number of rotatable bonds is 4. The molecular weight excluding hydrogens is 247 g/mol. The molecule has 1 unspecified atom stereocenters. The van der Waals surface area contributed by atoms with Crippen LogP contribution in [0.2, 0.25) is 0 Å². The second kappa shape index (κ2) is 4.97. The third-order valence-corrected chi connectivity index (χ3v) is 3.47. The molecule has 0 aromatic rings. The van der Waals surface area contributed by atoms with Gasteiger partial charge in [-0.15, -0.1) is 0 Å². The van der Waals surface area contributed by atoms with Gasteiger partial charge in [-0.1, -0.05) is 22.9 Å². The summed E-state index contributed by atoms with van der Waals surface area (Å²) >= 11 is 3.35. The lowest BCUT2D eigenvalue weighted by Gasteiger charge is -2.31. The summed E-state index contributed by atoms with van der Waals surface area (Å²) in [7, 11) is 7.40. The average molecular weight is 263 g/mol. The van der Waals surface area contributed by atoms with Crippen LogP contribution in [-0.4, -0.2) is 49.7 Å². The number of ether oxygens (including phenoxy) is 2. The van der Waals surface area contributed by atoms with Gasteiger partial charge in [0.25, 0.3) is 0 Å². The third kappa shape index (κ3) is 2.01. The first-order chi connectivity index (χ1) is 6.61. The number of aliphatic hydroxyl groups excluding tert-OH is 1. The lowest BCUT2D eigenvalue weighted by atomic mass is 9.82. The minimum atomic E-state index is -0.552. The number of hydrogen-bond acceptors (Lipinski definition) is 3. The van der Waals surface area contributed by atoms with Gasteiger partial charge in [0.2, 0.25) is 0 Å². The van der Waals surface area contributed by atoms with Gasteiger partial charge in [0.05, 0.1) is 18.3 Å². The summed E-state index contributed by atoms with van der Waals surface area (Å²) in [4.78, 5) is 0. The summed E-state index contributed by atoms with van der Waals surface area (Å²) in [5.74, 6) is 0.102. The van der Waals surface area contributed by atoms with Crippen molar-refractivity contribution in [3.8, 4) is 0 Å². The molecule has 0 amide bonds. The minimum absolute atomic E-state index is 0.0205. The Hall–Kier alpha value is 0.425. The highest BCUT2D eigenvalue weighted by Crippen LogP contribution is 2.39. The Morgan fingerprint density at radius 2 is 2.29 bits per heavy atom. The van der Waals surface area contributed by atoms with Crippen molar-refractivity contribution in [2.24, 2.45) is 5.92 Å². The highest BCUT2D eigenvalue weighted by molar-refractivity contribution is 9.09. The fourth-order valence-corrected chi connectivity index (χ4v) is 2.75. The maximum atomic E-state index is 9.39. The summed E-state index contributed by atoms with van der Waals surface area (Å²) in [5, 5.41) is 10.2. The summed E-state index contributed by atoms with van der Waals surface area (Å²) < 4.78 is 10.9. The van der Waals surface area contributed by atoms with Crippen LogP contribution < -0.4 is 0 Å². The molecule has 1 aliphatic heterocycles. The highest BCUT2D eigenvalue weighted by atomic mass is 79.9. The smallest absolute Gasteiger partial charge is 0.112 e. The van der Waals surface area contributed by atoms with E-state index in [9.17, 15) is 5.11 Å². The molecule has 3 nitrogen and oxygen atoms in total. The van der Waals surface area contributed by atoms with Crippen molar-refractivity contribution in [1.82, 2.24) is 0 Å². The first-order valence-electron chi connectivity index (χ1n) is 4.74. The molecule has 80 valence electrons. The molecule has 1 N–H and O–H groups in total. The lowest BCUT2D eigenvalue weighted by Crippen LogP contribution is -2.41. The van der Waals surface area contributed by atoms with E-state index in [2.05, 4.69) is 15.9 Å². The van der Waals surface area contributed by atoms with Gasteiger partial charge in [-0.2, -0.15) is 0 Å². The van der Waals surface area contributed by atoms with Gasteiger partial charge in [0.1, 0.15) is 7.85 Å². The van der Waals surface area contributed by atoms with Crippen molar-refractivity contribution >= 4 is 23.8 Å². The van der Waals surface area contributed by atoms with Crippen LogP contribution in [0.5, 0.6) is 0 Å². The number of halogens is 1. The summed E-state index contributed by atoms with van der Waals surface area (Å²) in [5.41, 5.74) is -0.552. The van der Waals surface area contributed by atoms with Crippen LogP contribution >= 0.6 is 15.9 Å². The van der Waals surface area contributed by atoms with Gasteiger partial charge in [0, 0.05) is 24.4 Å². The Kier molecular flexibility index (Phi) is 4.43. The molecule has 1 aliphatic rings. The zero-order chi connectivity index (χ0) is 10.8. The molecule has 1 heterocycles. The van der Waals surface area contributed by atoms with Crippen LogP contribution in [0.15, 0.2) is 0 Å². The fraction of sp³-hybridized carbons (Fsp3) is 1.00. The largest absolute Gasteiger partial charge is 0.393 e. The summed E-state index contributed by atoms with van der Waals surface area (Å²) in [6.45, 7) is 1.98. The zero-order valence-corrected chi connectivity index (χ0v) is 10.2. The SMILES string of the molecule is [B][C@@H]1O[C@@](CO)(CCBr)[C@H](C)C1OC. The van der Waals surface area contributed by atoms with E-state index in [0.29, 0.717) is 0 Å². The molecule has 1 fully saturated rings. The van der Waals surface area contributed by atoms with Crippen molar-refractivity contribution in [3.63, 3.8) is 0 Å². The van der Waals surface area contributed by atoms with Crippen LogP contribution in [-0.2, 0) is 9.47 Å². The van der Waals surface area contributed by atoms with Crippen LogP contribution in [0.3, 0.4) is 0 Å². The topological polar surface area (TPSA) is 38.7 Å². The highest BCUT2D eigenvalue weighted by Gasteiger charge is 2.50. The van der Waals surface area contributed by atoms with Gasteiger partial charge < -0.3 is 14.6 Å². The van der Waals surface area contributed by atoms with Crippen LogP contribution in [0.4, 0.5) is 0 Å². The van der Waals surface area contributed by atoms with Crippen molar-refractivity contribution in [3.05, 3.63) is 0 Å². The predicted octanol–water partition coefficient (Wildman–Crippen LogP) is 0.678. The van der Waals surface area contributed by atoms with Crippen molar-refractivity contribution in [2.75, 3.05) is 19.0 Å². The van der Waals surface area contributed by atoms with Gasteiger partial charge in [-0.3, -0.25) is 0 Å². The number of aliphatic hydroxyl groups is 1. The van der Waals surface area contributed by atoms with Crippen molar-refractivity contribution in [1.29, 1.82) is 0 Å². The molecule has 1 rings (SSSR count). The normalized spacial score (nSPS) is 43.0. The molecule has 0 saturated carbocycles. The Labute approximate surface area is 94.7 Å². The van der Waals surface area contributed by atoms with Crippen molar-refractivity contribution in [2.45, 2.75) is 31.1 Å². The first kappa shape index (κ1) is 12.5. The molecule has 2 radical (unpaired) electrons. The van der Waals surface area contributed by atoms with E-state index in [-0.39, 0.29) is 18.6 Å². The van der Waals surface area contributed by atoms with Crippen LogP contribution in [0.1, 0.15) is 13.3 Å². The van der Waals surface area contributed by atoms with E-state index in [1.54, 1.807) is 7.11 Å². The monoisotopic (exact) mass is 262 g/mol. The van der Waals surface area contributed by atoms with Crippen LogP contribution in [0, 0.1) is 5.92 Å². The second-order valence-corrected chi connectivity index (χ2v) is 4.53. The number of methoxy groups -OCH3 is 1. The summed E-state index contributed by atoms with van der Waals surface area (Å²) in [6, 6.07) is -0.443. The Bertz CT molecular complexity index is 193. The Morgan fingerprint density at radius 1 is 1.64 bits per heavy atom. The molecule has 0 aromatic carbocycles. The van der Waals surface area contributed by atoms with E-state index in [4.69, 9.17) is 17.3 Å². The predicted molar refractivity (Wildman–Crippen MR) is 58.8 cm³/mol. The maximum absolute atomic E-state index is 9.39. The Balaban J connectivity index is 2.79. The third-order valence-electron chi connectivity index (χ3n) is 3.07. The molecule has 4 atom stereocenters. The maximum Gasteiger partial charge on any atom is 0.112 e. The average Bonchev–Trinajstić information content (AvgIpc) is 2.40. The molecule has 0 aromatic heterocycles. The standard InChI is InChI=1S/C9H16BBrO3/c1-6-7(13-2)8(10)14-9(6,5-12)3-4-11/h6-8,12H,3-5H2,1-2H3/t6-,7?,8-,9-/m1/s1. The fourth-order valence-electron chi connectivity index (χ4n) is 2.07. The van der Waals surface area contributed by atoms with Gasteiger partial charge in [0.15, 0.2) is 0 Å². The molecular formula is C9H16BBrO3. The second-order valence-electron chi connectivity index (χ2n) is 3.73. The van der Waals surface area contributed by atoms with Crippen LogP contribution in [0.25, 0.3) is 0 Å². The molecule has 14 heavy (non-hydrogen) atoms. The number of hydrogen-bond donors (Lipinski definition) is 1. The van der Waals surface area contributed by atoms with E-state index in [0.717, 1.165) is 11.8 Å². The molecule has 5 heteroatoms. The summed E-state index contributed by atoms with van der Waals surface area (Å²) in [6.07, 6.45) is 0.597. The van der Waals surface area contributed by atoms with Gasteiger partial charge in [-0.05, 0) is 6.42 Å². The first-order valence-corrected chi connectivity index (χ1v) is 5.86. The molecule has 0 aliphatic carbocycles. The van der Waals surface area contributed by atoms with Gasteiger partial charge >= 0.3 is 0 Å². The van der Waals surface area contributed by atoms with Gasteiger partial charge in [-0.25, -0.2) is 0 Å². The van der Waals surface area contributed by atoms with E-state index < -0.39 is 11.6 Å². The molecule has 0 bridgehead atoms. The Morgan fingerprint density at radius 3 is 2.64 bits per heavy atom. The quantitative estimate of drug-likeness (QED) is 0.598.